The van der Waals surface area contributed by atoms with Crippen molar-refractivity contribution in [2.45, 2.75) is 16.9 Å². The molecule has 4 heterocycles. The zero-order chi connectivity index (χ0) is 22.2. The minimum atomic E-state index is -0.190. The molecule has 0 radical (unpaired) electrons. The highest BCUT2D eigenvalue weighted by atomic mass is 32.2. The van der Waals surface area contributed by atoms with Gasteiger partial charge in [0.2, 0.25) is 0 Å². The van der Waals surface area contributed by atoms with Gasteiger partial charge in [-0.15, -0.1) is 0 Å². The van der Waals surface area contributed by atoms with Gasteiger partial charge in [-0.2, -0.15) is 0 Å². The molecule has 6 heteroatoms. The van der Waals surface area contributed by atoms with Crippen LogP contribution in [-0.2, 0) is 0 Å². The first kappa shape index (κ1) is 18.6. The first-order chi connectivity index (χ1) is 16.9. The number of hydrogen-bond acceptors (Lipinski definition) is 5. The molecule has 8 rings (SSSR count). The molecule has 0 aromatic heterocycles. The first-order valence-electron chi connectivity index (χ1n) is 11.5. The Balaban J connectivity index is 1.39. The van der Waals surface area contributed by atoms with E-state index in [1.807, 2.05) is 30.3 Å². The van der Waals surface area contributed by atoms with E-state index in [4.69, 9.17) is 14.2 Å². The van der Waals surface area contributed by atoms with Gasteiger partial charge in [0.1, 0.15) is 11.4 Å². The lowest BCUT2D eigenvalue weighted by Gasteiger charge is -2.45. The SMILES string of the molecule is c1ccc(N2c3cccc4c3B(C3=C(Oc5ccccc5O3)S4)C3c4ccccc4OC32)cc1. The van der Waals surface area contributed by atoms with E-state index in [-0.39, 0.29) is 18.8 Å². The summed E-state index contributed by atoms with van der Waals surface area (Å²) in [6.45, 7) is -0.00980. The van der Waals surface area contributed by atoms with Crippen molar-refractivity contribution in [3.05, 3.63) is 113 Å². The topological polar surface area (TPSA) is 30.9 Å². The van der Waals surface area contributed by atoms with E-state index in [2.05, 4.69) is 71.6 Å². The van der Waals surface area contributed by atoms with Gasteiger partial charge in [-0.25, -0.2) is 0 Å². The smallest absolute Gasteiger partial charge is 0.278 e. The van der Waals surface area contributed by atoms with E-state index in [1.165, 1.54) is 15.9 Å². The summed E-state index contributed by atoms with van der Waals surface area (Å²) in [6.07, 6.45) is -0.190. The summed E-state index contributed by atoms with van der Waals surface area (Å²) in [5, 5.41) is 0.824. The van der Waals surface area contributed by atoms with Crippen LogP contribution in [0.25, 0.3) is 0 Å². The number of fused-ring (bicyclic) bond motifs is 6. The van der Waals surface area contributed by atoms with Crippen LogP contribution < -0.4 is 24.6 Å². The number of hydrogen-bond donors (Lipinski definition) is 0. The zero-order valence-electron chi connectivity index (χ0n) is 18.0. The molecule has 0 saturated heterocycles. The summed E-state index contributed by atoms with van der Waals surface area (Å²) in [6, 6.07) is 33.3. The summed E-state index contributed by atoms with van der Waals surface area (Å²) in [7, 11) is 0. The molecule has 4 nitrogen and oxygen atoms in total. The van der Waals surface area contributed by atoms with Crippen molar-refractivity contribution in [1.29, 1.82) is 0 Å². The average Bonchev–Trinajstić information content (AvgIpc) is 3.27. The van der Waals surface area contributed by atoms with Gasteiger partial charge in [-0.05, 0) is 65.3 Å². The van der Waals surface area contributed by atoms with E-state index >= 15 is 0 Å². The van der Waals surface area contributed by atoms with Gasteiger partial charge in [-0.1, -0.05) is 54.6 Å². The average molecular weight is 459 g/mol. The molecule has 162 valence electrons. The van der Waals surface area contributed by atoms with Crippen molar-refractivity contribution < 1.29 is 14.2 Å². The van der Waals surface area contributed by atoms with E-state index in [1.54, 1.807) is 11.8 Å². The highest BCUT2D eigenvalue weighted by Gasteiger charge is 2.56. The Labute approximate surface area is 201 Å². The van der Waals surface area contributed by atoms with Crippen LogP contribution in [0.5, 0.6) is 17.2 Å². The number of anilines is 2. The van der Waals surface area contributed by atoms with Crippen LogP contribution >= 0.6 is 11.8 Å². The number of para-hydroxylation sites is 4. The summed E-state index contributed by atoms with van der Waals surface area (Å²) in [5.74, 6) is 2.52. The van der Waals surface area contributed by atoms with E-state index < -0.39 is 0 Å². The van der Waals surface area contributed by atoms with Gasteiger partial charge in [-0.3, -0.25) is 0 Å². The Morgan fingerprint density at radius 1 is 0.706 bits per heavy atom. The fourth-order valence-electron chi connectivity index (χ4n) is 5.70. The third-order valence-electron chi connectivity index (χ3n) is 7.05. The molecule has 2 atom stereocenters. The van der Waals surface area contributed by atoms with Gasteiger partial charge in [0.05, 0.1) is 0 Å². The number of thioether (sulfide) groups is 1. The maximum absolute atomic E-state index is 6.68. The van der Waals surface area contributed by atoms with Crippen LogP contribution in [0.15, 0.2) is 113 Å². The standard InChI is InChI=1S/C28H18BNO3S/c1-2-9-17(10-3-1)30-19-12-8-16-23-25(19)29(24-18-11-4-5-13-20(18)32-27(24)30)26-28(34-23)33-22-15-7-6-14-21(22)31-26/h1-16,24,27H. The van der Waals surface area contributed by atoms with Crippen molar-refractivity contribution >= 4 is 35.3 Å². The van der Waals surface area contributed by atoms with Crippen molar-refractivity contribution in [2.24, 2.45) is 0 Å². The molecule has 0 amide bonds. The summed E-state index contributed by atoms with van der Waals surface area (Å²) < 4.78 is 19.7. The second-order valence-electron chi connectivity index (χ2n) is 8.85. The fraction of sp³-hybridized carbons (Fsp3) is 0.0714. The number of rotatable bonds is 1. The highest BCUT2D eigenvalue weighted by molar-refractivity contribution is 8.03. The molecule has 4 aromatic carbocycles. The molecule has 4 aliphatic heterocycles. The molecule has 34 heavy (non-hydrogen) atoms. The number of ether oxygens (including phenoxy) is 3. The number of benzene rings is 4. The molecule has 2 unspecified atom stereocenters. The van der Waals surface area contributed by atoms with Crippen molar-refractivity contribution in [3.8, 4) is 17.2 Å². The second kappa shape index (κ2) is 6.87. The van der Waals surface area contributed by atoms with E-state index in [0.717, 1.165) is 39.4 Å². The quantitative estimate of drug-likeness (QED) is 0.333. The predicted octanol–water partition coefficient (Wildman–Crippen LogP) is 5.87. The highest BCUT2D eigenvalue weighted by Crippen LogP contribution is 2.54. The van der Waals surface area contributed by atoms with Gasteiger partial charge in [0.15, 0.2) is 22.8 Å². The molecule has 0 spiro atoms. The minimum Gasteiger partial charge on any atom is -0.470 e. The van der Waals surface area contributed by atoms with Gasteiger partial charge >= 0.3 is 0 Å². The normalized spacial score (nSPS) is 20.7. The predicted molar refractivity (Wildman–Crippen MR) is 135 cm³/mol. The number of nitrogens with zero attached hydrogens (tertiary/aromatic N) is 1. The molecule has 0 fully saturated rings. The van der Waals surface area contributed by atoms with E-state index in [0.29, 0.717) is 0 Å². The molecule has 0 saturated carbocycles. The maximum Gasteiger partial charge on any atom is 0.278 e. The lowest BCUT2D eigenvalue weighted by Crippen LogP contribution is -2.58. The molecule has 0 bridgehead atoms. The van der Waals surface area contributed by atoms with Crippen molar-refractivity contribution in [2.75, 3.05) is 4.90 Å². The Morgan fingerprint density at radius 3 is 2.29 bits per heavy atom. The lowest BCUT2D eigenvalue weighted by atomic mass is 9.32. The van der Waals surface area contributed by atoms with Crippen LogP contribution in [0.3, 0.4) is 0 Å². The Bertz CT molecular complexity index is 1500. The van der Waals surface area contributed by atoms with Gasteiger partial charge in [0.25, 0.3) is 6.71 Å². The van der Waals surface area contributed by atoms with Gasteiger partial charge in [0, 0.05) is 22.1 Å². The van der Waals surface area contributed by atoms with Crippen LogP contribution in [-0.4, -0.2) is 12.9 Å². The lowest BCUT2D eigenvalue weighted by molar-refractivity contribution is 0.230. The third kappa shape index (κ3) is 2.46. The molecule has 0 aliphatic carbocycles. The van der Waals surface area contributed by atoms with Crippen LogP contribution in [0.1, 0.15) is 11.4 Å². The van der Waals surface area contributed by atoms with Crippen LogP contribution in [0.4, 0.5) is 11.4 Å². The summed E-state index contributed by atoms with van der Waals surface area (Å²) >= 11 is 1.65. The molecule has 0 N–H and O–H groups in total. The van der Waals surface area contributed by atoms with Crippen molar-refractivity contribution in [1.82, 2.24) is 0 Å². The summed E-state index contributed by atoms with van der Waals surface area (Å²) in [5.41, 5.74) is 5.64. The van der Waals surface area contributed by atoms with E-state index in [9.17, 15) is 0 Å². The Hall–Kier alpha value is -3.77. The first-order valence-corrected chi connectivity index (χ1v) is 12.3. The van der Waals surface area contributed by atoms with Crippen LogP contribution in [0.2, 0.25) is 0 Å². The fourth-order valence-corrected chi connectivity index (χ4v) is 6.79. The summed E-state index contributed by atoms with van der Waals surface area (Å²) in [4.78, 5) is 3.55. The second-order valence-corrected chi connectivity index (χ2v) is 9.86. The monoisotopic (exact) mass is 459 g/mol. The van der Waals surface area contributed by atoms with Crippen LogP contribution in [0, 0.1) is 0 Å². The Kier molecular flexibility index (Phi) is 3.77. The Morgan fingerprint density at radius 2 is 1.44 bits per heavy atom. The zero-order valence-corrected chi connectivity index (χ0v) is 18.9. The molecule has 4 aromatic rings. The largest absolute Gasteiger partial charge is 0.470 e. The van der Waals surface area contributed by atoms with Gasteiger partial charge < -0.3 is 19.1 Å². The minimum absolute atomic E-state index is 0.00980. The molecular weight excluding hydrogens is 441 g/mol. The van der Waals surface area contributed by atoms with Crippen molar-refractivity contribution in [3.63, 3.8) is 0 Å². The molecule has 4 aliphatic rings. The molecular formula is C28H18BNO3S. The maximum atomic E-state index is 6.68. The third-order valence-corrected chi connectivity index (χ3v) is 8.10.